The highest BCUT2D eigenvalue weighted by atomic mass is 16.5. The van der Waals surface area contributed by atoms with E-state index in [2.05, 4.69) is 5.32 Å². The highest BCUT2D eigenvalue weighted by molar-refractivity contribution is 4.69. The number of unbranched alkanes of at least 4 members (excludes halogenated alkanes) is 1. The average molecular weight is 187 g/mol. The molecule has 1 aliphatic heterocycles. The fourth-order valence-corrected chi connectivity index (χ4v) is 1.58. The van der Waals surface area contributed by atoms with Gasteiger partial charge in [0.1, 0.15) is 0 Å². The fourth-order valence-electron chi connectivity index (χ4n) is 1.58. The van der Waals surface area contributed by atoms with E-state index in [-0.39, 0.29) is 0 Å². The van der Waals surface area contributed by atoms with E-state index in [0.29, 0.717) is 6.04 Å². The van der Waals surface area contributed by atoms with Crippen molar-refractivity contribution in [1.29, 1.82) is 0 Å². The van der Waals surface area contributed by atoms with Gasteiger partial charge in [0.15, 0.2) is 0 Å². The second kappa shape index (κ2) is 7.30. The summed E-state index contributed by atoms with van der Waals surface area (Å²) in [7, 11) is 1.75. The molecule has 1 heterocycles. The van der Waals surface area contributed by atoms with Crippen LogP contribution in [0.4, 0.5) is 0 Å². The van der Waals surface area contributed by atoms with Gasteiger partial charge < -0.3 is 14.8 Å². The lowest BCUT2D eigenvalue weighted by atomic mass is 10.1. The molecule has 0 aliphatic carbocycles. The van der Waals surface area contributed by atoms with Gasteiger partial charge in [-0.2, -0.15) is 0 Å². The van der Waals surface area contributed by atoms with Gasteiger partial charge in [0.2, 0.25) is 0 Å². The maximum atomic E-state index is 5.37. The van der Waals surface area contributed by atoms with E-state index in [1.165, 1.54) is 19.3 Å². The van der Waals surface area contributed by atoms with E-state index in [0.717, 1.165) is 32.8 Å². The van der Waals surface area contributed by atoms with Crippen molar-refractivity contribution in [3.8, 4) is 0 Å². The summed E-state index contributed by atoms with van der Waals surface area (Å²) >= 11 is 0. The standard InChI is InChI=1S/C10H21NO2/c1-12-7-3-2-6-11-10-5-4-8-13-9-10/h10-11H,2-9H2,1H3. The lowest BCUT2D eigenvalue weighted by Crippen LogP contribution is -2.37. The second-order valence-corrected chi connectivity index (χ2v) is 3.57. The van der Waals surface area contributed by atoms with Gasteiger partial charge in [-0.25, -0.2) is 0 Å². The van der Waals surface area contributed by atoms with Gasteiger partial charge in [-0.15, -0.1) is 0 Å². The maximum Gasteiger partial charge on any atom is 0.0619 e. The zero-order valence-corrected chi connectivity index (χ0v) is 8.55. The highest BCUT2D eigenvalue weighted by Crippen LogP contribution is 2.05. The van der Waals surface area contributed by atoms with Crippen LogP contribution in [-0.4, -0.2) is 39.5 Å². The van der Waals surface area contributed by atoms with Gasteiger partial charge in [-0.3, -0.25) is 0 Å². The monoisotopic (exact) mass is 187 g/mol. The molecule has 3 heteroatoms. The van der Waals surface area contributed by atoms with Crippen molar-refractivity contribution in [1.82, 2.24) is 5.32 Å². The first-order chi connectivity index (χ1) is 6.43. The lowest BCUT2D eigenvalue weighted by molar-refractivity contribution is 0.0702. The van der Waals surface area contributed by atoms with Crippen molar-refractivity contribution in [2.75, 3.05) is 33.5 Å². The van der Waals surface area contributed by atoms with Crippen molar-refractivity contribution in [2.45, 2.75) is 31.7 Å². The molecule has 1 N–H and O–H groups in total. The molecule has 1 unspecified atom stereocenters. The first-order valence-electron chi connectivity index (χ1n) is 5.23. The number of hydrogen-bond donors (Lipinski definition) is 1. The Kier molecular flexibility index (Phi) is 6.15. The van der Waals surface area contributed by atoms with Crippen LogP contribution in [0, 0.1) is 0 Å². The Hall–Kier alpha value is -0.120. The van der Waals surface area contributed by atoms with Crippen molar-refractivity contribution >= 4 is 0 Å². The zero-order valence-electron chi connectivity index (χ0n) is 8.55. The van der Waals surface area contributed by atoms with Gasteiger partial charge >= 0.3 is 0 Å². The molecule has 13 heavy (non-hydrogen) atoms. The lowest BCUT2D eigenvalue weighted by Gasteiger charge is -2.23. The molecule has 0 bridgehead atoms. The largest absolute Gasteiger partial charge is 0.385 e. The van der Waals surface area contributed by atoms with Crippen LogP contribution in [-0.2, 0) is 9.47 Å². The molecule has 0 saturated carbocycles. The third kappa shape index (κ3) is 5.24. The van der Waals surface area contributed by atoms with E-state index in [1.54, 1.807) is 7.11 Å². The molecule has 0 spiro atoms. The minimum absolute atomic E-state index is 0.594. The van der Waals surface area contributed by atoms with Gasteiger partial charge in [-0.1, -0.05) is 0 Å². The van der Waals surface area contributed by atoms with Gasteiger partial charge in [0.05, 0.1) is 6.61 Å². The average Bonchev–Trinajstić information content (AvgIpc) is 2.19. The molecular weight excluding hydrogens is 166 g/mol. The van der Waals surface area contributed by atoms with Gasteiger partial charge in [0.25, 0.3) is 0 Å². The fraction of sp³-hybridized carbons (Fsp3) is 1.00. The summed E-state index contributed by atoms with van der Waals surface area (Å²) < 4.78 is 10.4. The molecular formula is C10H21NO2. The molecule has 1 rings (SSSR count). The first kappa shape index (κ1) is 11.0. The summed E-state index contributed by atoms with van der Waals surface area (Å²) in [6, 6.07) is 0.594. The third-order valence-corrected chi connectivity index (χ3v) is 2.37. The SMILES string of the molecule is COCCCCNC1CCCOC1. The molecule has 3 nitrogen and oxygen atoms in total. The Balaban J connectivity index is 1.86. The van der Waals surface area contributed by atoms with E-state index in [4.69, 9.17) is 9.47 Å². The van der Waals surface area contributed by atoms with Crippen LogP contribution < -0.4 is 5.32 Å². The predicted molar refractivity (Wildman–Crippen MR) is 53.0 cm³/mol. The second-order valence-electron chi connectivity index (χ2n) is 3.57. The summed E-state index contributed by atoms with van der Waals surface area (Å²) in [6.45, 7) is 3.81. The van der Waals surface area contributed by atoms with Crippen molar-refractivity contribution in [3.63, 3.8) is 0 Å². The molecule has 0 aromatic carbocycles. The van der Waals surface area contributed by atoms with Gasteiger partial charge in [-0.05, 0) is 32.2 Å². The Morgan fingerprint density at radius 1 is 1.46 bits per heavy atom. The molecule has 0 amide bonds. The normalized spacial score (nSPS) is 23.3. The van der Waals surface area contributed by atoms with Crippen LogP contribution >= 0.6 is 0 Å². The summed E-state index contributed by atoms with van der Waals surface area (Å²) in [5.74, 6) is 0. The third-order valence-electron chi connectivity index (χ3n) is 2.37. The van der Waals surface area contributed by atoms with Crippen molar-refractivity contribution in [2.24, 2.45) is 0 Å². The zero-order chi connectivity index (χ0) is 9.36. The summed E-state index contributed by atoms with van der Waals surface area (Å²) in [4.78, 5) is 0. The van der Waals surface area contributed by atoms with Gasteiger partial charge in [0, 0.05) is 26.4 Å². The minimum atomic E-state index is 0.594. The molecule has 1 atom stereocenters. The first-order valence-corrected chi connectivity index (χ1v) is 5.23. The Bertz CT molecular complexity index is 113. The van der Waals surface area contributed by atoms with Crippen LogP contribution in [0.5, 0.6) is 0 Å². The molecule has 0 aromatic rings. The van der Waals surface area contributed by atoms with E-state index < -0.39 is 0 Å². The Morgan fingerprint density at radius 3 is 3.08 bits per heavy atom. The Labute approximate surface area is 80.8 Å². The van der Waals surface area contributed by atoms with Crippen LogP contribution in [0.2, 0.25) is 0 Å². The molecule has 1 saturated heterocycles. The van der Waals surface area contributed by atoms with Crippen LogP contribution in [0.15, 0.2) is 0 Å². The topological polar surface area (TPSA) is 30.5 Å². The number of nitrogens with one attached hydrogen (secondary N) is 1. The quantitative estimate of drug-likeness (QED) is 0.633. The molecule has 78 valence electrons. The number of hydrogen-bond acceptors (Lipinski definition) is 3. The molecule has 1 aliphatic rings. The summed E-state index contributed by atoms with van der Waals surface area (Å²) in [6.07, 6.45) is 4.82. The molecule has 1 fully saturated rings. The van der Waals surface area contributed by atoms with Crippen LogP contribution in [0.25, 0.3) is 0 Å². The number of ether oxygens (including phenoxy) is 2. The van der Waals surface area contributed by atoms with Crippen LogP contribution in [0.3, 0.4) is 0 Å². The Morgan fingerprint density at radius 2 is 2.38 bits per heavy atom. The molecule has 0 aromatic heterocycles. The number of methoxy groups -OCH3 is 1. The predicted octanol–water partition coefficient (Wildman–Crippen LogP) is 1.18. The number of rotatable bonds is 6. The van der Waals surface area contributed by atoms with E-state index in [1.807, 2.05) is 0 Å². The summed E-state index contributed by atoms with van der Waals surface area (Å²) in [5.41, 5.74) is 0. The van der Waals surface area contributed by atoms with Crippen molar-refractivity contribution in [3.05, 3.63) is 0 Å². The van der Waals surface area contributed by atoms with E-state index >= 15 is 0 Å². The van der Waals surface area contributed by atoms with Crippen LogP contribution in [0.1, 0.15) is 25.7 Å². The molecule has 0 radical (unpaired) electrons. The highest BCUT2D eigenvalue weighted by Gasteiger charge is 2.11. The minimum Gasteiger partial charge on any atom is -0.385 e. The van der Waals surface area contributed by atoms with Crippen molar-refractivity contribution < 1.29 is 9.47 Å². The maximum absolute atomic E-state index is 5.37. The van der Waals surface area contributed by atoms with E-state index in [9.17, 15) is 0 Å². The summed E-state index contributed by atoms with van der Waals surface area (Å²) in [5, 5.41) is 3.50. The smallest absolute Gasteiger partial charge is 0.0619 e.